The van der Waals surface area contributed by atoms with Crippen molar-refractivity contribution in [1.29, 1.82) is 0 Å². The zero-order chi connectivity index (χ0) is 16.9. The van der Waals surface area contributed by atoms with Crippen LogP contribution in [-0.4, -0.2) is 52.8 Å². The van der Waals surface area contributed by atoms with Crippen molar-refractivity contribution in [2.24, 2.45) is 0 Å². The summed E-state index contributed by atoms with van der Waals surface area (Å²) in [6, 6.07) is 12.2. The van der Waals surface area contributed by atoms with Crippen molar-refractivity contribution in [2.45, 2.75) is 6.42 Å². The molecule has 6 heteroatoms. The average molecular weight is 344 g/mol. The third-order valence-corrected chi connectivity index (χ3v) is 4.26. The molecule has 0 atom stereocenters. The Morgan fingerprint density at radius 3 is 2.33 bits per heavy atom. The maximum atomic E-state index is 12.6. The molecule has 124 valence electrons. The standard InChI is InChI=1S/C18H18ClN3O2/c19-15-6-3-5-14(13-15)17(23)21-9-4-10-22(12-11-21)18(24)16-7-1-2-8-20-16/h1-3,5-8,13H,4,9-12H2. The molecule has 1 aliphatic heterocycles. The van der Waals surface area contributed by atoms with Crippen LogP contribution < -0.4 is 0 Å². The van der Waals surface area contributed by atoms with Crippen LogP contribution in [0.4, 0.5) is 0 Å². The molecule has 0 aliphatic carbocycles. The van der Waals surface area contributed by atoms with Crippen LogP contribution in [0, 0.1) is 0 Å². The third-order valence-electron chi connectivity index (χ3n) is 4.03. The minimum atomic E-state index is -0.0901. The molecule has 0 unspecified atom stereocenters. The van der Waals surface area contributed by atoms with Crippen molar-refractivity contribution < 1.29 is 9.59 Å². The van der Waals surface area contributed by atoms with Crippen molar-refractivity contribution in [3.05, 3.63) is 64.9 Å². The van der Waals surface area contributed by atoms with Crippen LogP contribution >= 0.6 is 11.6 Å². The molecule has 1 fully saturated rings. The molecule has 24 heavy (non-hydrogen) atoms. The van der Waals surface area contributed by atoms with E-state index in [-0.39, 0.29) is 11.8 Å². The second kappa shape index (κ2) is 7.45. The van der Waals surface area contributed by atoms with Gasteiger partial charge in [0.1, 0.15) is 5.69 Å². The number of benzene rings is 1. The van der Waals surface area contributed by atoms with E-state index in [1.54, 1.807) is 58.5 Å². The molecule has 0 saturated carbocycles. The Bertz CT molecular complexity index is 736. The highest BCUT2D eigenvalue weighted by Crippen LogP contribution is 2.15. The van der Waals surface area contributed by atoms with Gasteiger partial charge in [-0.25, -0.2) is 0 Å². The summed E-state index contributed by atoms with van der Waals surface area (Å²) in [5.74, 6) is -0.141. The van der Waals surface area contributed by atoms with E-state index in [1.807, 2.05) is 0 Å². The largest absolute Gasteiger partial charge is 0.337 e. The van der Waals surface area contributed by atoms with E-state index in [0.29, 0.717) is 42.5 Å². The molecule has 0 N–H and O–H groups in total. The van der Waals surface area contributed by atoms with E-state index < -0.39 is 0 Å². The number of pyridine rings is 1. The number of carbonyl (C=O) groups excluding carboxylic acids is 2. The lowest BCUT2D eigenvalue weighted by molar-refractivity contribution is 0.0715. The number of hydrogen-bond donors (Lipinski definition) is 0. The summed E-state index contributed by atoms with van der Waals surface area (Å²) in [7, 11) is 0. The molecule has 1 aromatic heterocycles. The van der Waals surface area contributed by atoms with Gasteiger partial charge in [0, 0.05) is 43.0 Å². The molecule has 0 spiro atoms. The summed E-state index contributed by atoms with van der Waals surface area (Å²) < 4.78 is 0. The summed E-state index contributed by atoms with van der Waals surface area (Å²) in [5.41, 5.74) is 1.01. The quantitative estimate of drug-likeness (QED) is 0.842. The zero-order valence-electron chi connectivity index (χ0n) is 13.2. The second-order valence-electron chi connectivity index (χ2n) is 5.66. The highest BCUT2D eigenvalue weighted by atomic mass is 35.5. The molecule has 1 saturated heterocycles. The molecular weight excluding hydrogens is 326 g/mol. The number of halogens is 1. The van der Waals surface area contributed by atoms with Gasteiger partial charge in [-0.15, -0.1) is 0 Å². The molecule has 0 radical (unpaired) electrons. The van der Waals surface area contributed by atoms with Gasteiger partial charge in [0.15, 0.2) is 0 Å². The molecule has 5 nitrogen and oxygen atoms in total. The Kier molecular flexibility index (Phi) is 5.11. The van der Waals surface area contributed by atoms with E-state index in [4.69, 9.17) is 11.6 Å². The first kappa shape index (κ1) is 16.5. The van der Waals surface area contributed by atoms with Crippen molar-refractivity contribution in [1.82, 2.24) is 14.8 Å². The highest BCUT2D eigenvalue weighted by molar-refractivity contribution is 6.30. The zero-order valence-corrected chi connectivity index (χ0v) is 13.9. The van der Waals surface area contributed by atoms with E-state index in [1.165, 1.54) is 0 Å². The van der Waals surface area contributed by atoms with E-state index >= 15 is 0 Å². The minimum absolute atomic E-state index is 0.0513. The Balaban J connectivity index is 1.67. The van der Waals surface area contributed by atoms with Crippen LogP contribution in [-0.2, 0) is 0 Å². The molecule has 2 amide bonds. The average Bonchev–Trinajstić information content (AvgIpc) is 2.87. The first-order chi connectivity index (χ1) is 11.6. The predicted molar refractivity (Wildman–Crippen MR) is 92.1 cm³/mol. The molecule has 2 heterocycles. The van der Waals surface area contributed by atoms with Gasteiger partial charge >= 0.3 is 0 Å². The third kappa shape index (κ3) is 3.74. The fourth-order valence-corrected chi connectivity index (χ4v) is 2.97. The topological polar surface area (TPSA) is 53.5 Å². The second-order valence-corrected chi connectivity index (χ2v) is 6.10. The SMILES string of the molecule is O=C(c1cccc(Cl)c1)N1CCCN(C(=O)c2ccccn2)CC1. The van der Waals surface area contributed by atoms with Crippen molar-refractivity contribution in [3.8, 4) is 0 Å². The first-order valence-electron chi connectivity index (χ1n) is 7.90. The number of amides is 2. The fourth-order valence-electron chi connectivity index (χ4n) is 2.78. The molecule has 1 aliphatic rings. The Labute approximate surface area is 145 Å². The van der Waals surface area contributed by atoms with Crippen molar-refractivity contribution in [2.75, 3.05) is 26.2 Å². The number of nitrogens with zero attached hydrogens (tertiary/aromatic N) is 3. The van der Waals surface area contributed by atoms with E-state index in [0.717, 1.165) is 6.42 Å². The van der Waals surface area contributed by atoms with Crippen LogP contribution in [0.1, 0.15) is 27.3 Å². The van der Waals surface area contributed by atoms with Crippen LogP contribution in [0.25, 0.3) is 0 Å². The normalized spacial score (nSPS) is 15.0. The van der Waals surface area contributed by atoms with E-state index in [9.17, 15) is 9.59 Å². The monoisotopic (exact) mass is 343 g/mol. The predicted octanol–water partition coefficient (Wildman–Crippen LogP) is 2.72. The van der Waals surface area contributed by atoms with E-state index in [2.05, 4.69) is 4.98 Å². The Hall–Kier alpha value is -2.40. The lowest BCUT2D eigenvalue weighted by Gasteiger charge is -2.22. The van der Waals surface area contributed by atoms with Gasteiger partial charge in [-0.05, 0) is 36.8 Å². The molecule has 0 bridgehead atoms. The summed E-state index contributed by atoms with van der Waals surface area (Å²) >= 11 is 5.96. The summed E-state index contributed by atoms with van der Waals surface area (Å²) in [6.45, 7) is 2.25. The van der Waals surface area contributed by atoms with Crippen LogP contribution in [0.2, 0.25) is 5.02 Å². The lowest BCUT2D eigenvalue weighted by Crippen LogP contribution is -2.37. The van der Waals surface area contributed by atoms with Crippen LogP contribution in [0.5, 0.6) is 0 Å². The van der Waals surface area contributed by atoms with Gasteiger partial charge in [-0.3, -0.25) is 14.6 Å². The van der Waals surface area contributed by atoms with Crippen molar-refractivity contribution in [3.63, 3.8) is 0 Å². The number of aromatic nitrogens is 1. The summed E-state index contributed by atoms with van der Waals surface area (Å²) in [5, 5.41) is 0.544. The summed E-state index contributed by atoms with van der Waals surface area (Å²) in [4.78, 5) is 32.7. The van der Waals surface area contributed by atoms with Gasteiger partial charge in [0.05, 0.1) is 0 Å². The van der Waals surface area contributed by atoms with Gasteiger partial charge in [-0.2, -0.15) is 0 Å². The highest BCUT2D eigenvalue weighted by Gasteiger charge is 2.24. The Morgan fingerprint density at radius 2 is 1.67 bits per heavy atom. The maximum Gasteiger partial charge on any atom is 0.272 e. The fraction of sp³-hybridized carbons (Fsp3) is 0.278. The number of carbonyl (C=O) groups is 2. The van der Waals surface area contributed by atoms with Gasteiger partial charge < -0.3 is 9.80 Å². The Morgan fingerprint density at radius 1 is 0.917 bits per heavy atom. The maximum absolute atomic E-state index is 12.6. The van der Waals surface area contributed by atoms with Crippen LogP contribution in [0.3, 0.4) is 0 Å². The molecular formula is C18H18ClN3O2. The molecule has 1 aromatic carbocycles. The molecule has 2 aromatic rings. The van der Waals surface area contributed by atoms with Gasteiger partial charge in [0.2, 0.25) is 0 Å². The van der Waals surface area contributed by atoms with Gasteiger partial charge in [0.25, 0.3) is 11.8 Å². The van der Waals surface area contributed by atoms with Crippen molar-refractivity contribution >= 4 is 23.4 Å². The molecule has 3 rings (SSSR count). The van der Waals surface area contributed by atoms with Gasteiger partial charge in [-0.1, -0.05) is 23.7 Å². The minimum Gasteiger partial charge on any atom is -0.337 e. The summed E-state index contributed by atoms with van der Waals surface area (Å²) in [6.07, 6.45) is 2.35. The number of rotatable bonds is 2. The number of hydrogen-bond acceptors (Lipinski definition) is 3. The van der Waals surface area contributed by atoms with Crippen LogP contribution in [0.15, 0.2) is 48.7 Å². The first-order valence-corrected chi connectivity index (χ1v) is 8.28. The smallest absolute Gasteiger partial charge is 0.272 e. The lowest BCUT2D eigenvalue weighted by atomic mass is 10.2.